The Labute approximate surface area is 79.6 Å². The van der Waals surface area contributed by atoms with Crippen molar-refractivity contribution in [2.24, 2.45) is 5.73 Å². The predicted molar refractivity (Wildman–Crippen MR) is 49.6 cm³/mol. The van der Waals surface area contributed by atoms with Crippen LogP contribution in [0.4, 0.5) is 0 Å². The molecule has 0 aliphatic rings. The Morgan fingerprint density at radius 3 is 2.69 bits per heavy atom. The third-order valence-electron chi connectivity index (χ3n) is 1.80. The molecule has 0 saturated heterocycles. The Morgan fingerprint density at radius 2 is 2.31 bits per heavy atom. The summed E-state index contributed by atoms with van der Waals surface area (Å²) in [6.07, 6.45) is -1.11. The summed E-state index contributed by atoms with van der Waals surface area (Å²) < 4.78 is 0. The van der Waals surface area contributed by atoms with Crippen LogP contribution in [0.1, 0.15) is 16.5 Å². The Balaban J connectivity index is 2.85. The topological polar surface area (TPSA) is 83.5 Å². The molecule has 1 aromatic rings. The number of thiophene rings is 1. The molecule has 0 amide bonds. The maximum Gasteiger partial charge on any atom is 0.323 e. The lowest BCUT2D eigenvalue weighted by molar-refractivity contribution is -0.141. The highest BCUT2D eigenvalue weighted by Crippen LogP contribution is 2.25. The van der Waals surface area contributed by atoms with Crippen molar-refractivity contribution in [2.75, 3.05) is 0 Å². The number of aliphatic hydroxyl groups is 1. The average Bonchev–Trinajstić information content (AvgIpc) is 2.48. The van der Waals surface area contributed by atoms with Crippen molar-refractivity contribution < 1.29 is 15.0 Å². The molecule has 0 aliphatic carbocycles. The van der Waals surface area contributed by atoms with Gasteiger partial charge in [0.1, 0.15) is 12.1 Å². The van der Waals surface area contributed by atoms with E-state index in [4.69, 9.17) is 10.8 Å². The first-order chi connectivity index (χ1) is 6.04. The zero-order valence-corrected chi connectivity index (χ0v) is 7.91. The number of aliphatic carboxylic acids is 1. The minimum Gasteiger partial charge on any atom is -0.480 e. The first kappa shape index (κ1) is 10.2. The van der Waals surface area contributed by atoms with Crippen molar-refractivity contribution in [2.45, 2.75) is 19.1 Å². The van der Waals surface area contributed by atoms with Gasteiger partial charge in [0.05, 0.1) is 0 Å². The van der Waals surface area contributed by atoms with Crippen LogP contribution < -0.4 is 5.73 Å². The van der Waals surface area contributed by atoms with E-state index in [9.17, 15) is 9.90 Å². The van der Waals surface area contributed by atoms with E-state index >= 15 is 0 Å². The molecule has 0 bridgehead atoms. The zero-order chi connectivity index (χ0) is 10.0. The van der Waals surface area contributed by atoms with E-state index in [1.165, 1.54) is 11.3 Å². The fraction of sp³-hybridized carbons (Fsp3) is 0.375. The van der Waals surface area contributed by atoms with E-state index in [2.05, 4.69) is 0 Å². The molecular formula is C8H11NO3S. The molecule has 72 valence electrons. The molecule has 0 aromatic carbocycles. The van der Waals surface area contributed by atoms with Crippen molar-refractivity contribution in [3.05, 3.63) is 21.9 Å². The van der Waals surface area contributed by atoms with Crippen LogP contribution in [-0.4, -0.2) is 22.2 Å². The average molecular weight is 201 g/mol. The van der Waals surface area contributed by atoms with Gasteiger partial charge in [-0.05, 0) is 23.9 Å². The summed E-state index contributed by atoms with van der Waals surface area (Å²) >= 11 is 1.31. The standard InChI is InChI=1S/C8H11NO3S/c1-4-2-3-13-7(4)6(10)5(9)8(11)12/h2-3,5-6,10H,9H2,1H3,(H,11,12). The van der Waals surface area contributed by atoms with Crippen LogP contribution in [0, 0.1) is 6.92 Å². The van der Waals surface area contributed by atoms with Crippen LogP contribution in [-0.2, 0) is 4.79 Å². The molecule has 0 spiro atoms. The van der Waals surface area contributed by atoms with E-state index in [1.807, 2.05) is 13.0 Å². The highest BCUT2D eigenvalue weighted by atomic mass is 32.1. The largest absolute Gasteiger partial charge is 0.480 e. The van der Waals surface area contributed by atoms with Gasteiger partial charge in [-0.25, -0.2) is 0 Å². The fourth-order valence-corrected chi connectivity index (χ4v) is 1.94. The number of carboxylic acid groups (broad SMARTS) is 1. The van der Waals surface area contributed by atoms with Gasteiger partial charge in [-0.1, -0.05) is 0 Å². The van der Waals surface area contributed by atoms with Crippen LogP contribution in [0.15, 0.2) is 11.4 Å². The van der Waals surface area contributed by atoms with Crippen molar-refractivity contribution in [1.82, 2.24) is 0 Å². The second-order valence-electron chi connectivity index (χ2n) is 2.78. The van der Waals surface area contributed by atoms with E-state index in [0.717, 1.165) is 5.56 Å². The molecule has 2 unspecified atom stereocenters. The molecule has 2 atom stereocenters. The third-order valence-corrected chi connectivity index (χ3v) is 2.89. The van der Waals surface area contributed by atoms with Crippen molar-refractivity contribution >= 4 is 17.3 Å². The molecule has 0 radical (unpaired) electrons. The third kappa shape index (κ3) is 2.06. The second-order valence-corrected chi connectivity index (χ2v) is 3.72. The number of carbonyl (C=O) groups is 1. The molecule has 5 heteroatoms. The Kier molecular flexibility index (Phi) is 3.02. The first-order valence-electron chi connectivity index (χ1n) is 3.74. The summed E-state index contributed by atoms with van der Waals surface area (Å²) in [6, 6.07) is 0.565. The number of hydrogen-bond acceptors (Lipinski definition) is 4. The lowest BCUT2D eigenvalue weighted by Crippen LogP contribution is -2.36. The summed E-state index contributed by atoms with van der Waals surface area (Å²) in [6.45, 7) is 1.81. The van der Waals surface area contributed by atoms with E-state index in [-0.39, 0.29) is 0 Å². The molecule has 0 saturated carbocycles. The normalized spacial score (nSPS) is 15.3. The predicted octanol–water partition coefficient (Wildman–Crippen LogP) is 0.502. The molecule has 1 heterocycles. The van der Waals surface area contributed by atoms with Gasteiger partial charge in [-0.2, -0.15) is 0 Å². The number of rotatable bonds is 3. The Morgan fingerprint density at radius 1 is 1.69 bits per heavy atom. The molecule has 0 fully saturated rings. The number of aryl methyl sites for hydroxylation is 1. The van der Waals surface area contributed by atoms with Gasteiger partial charge in [-0.15, -0.1) is 11.3 Å². The number of nitrogens with two attached hydrogens (primary N) is 1. The summed E-state index contributed by atoms with van der Waals surface area (Å²) in [5.41, 5.74) is 6.15. The molecule has 4 N–H and O–H groups in total. The summed E-state index contributed by atoms with van der Waals surface area (Å²) in [5, 5.41) is 19.9. The van der Waals surface area contributed by atoms with Gasteiger partial charge in [0.15, 0.2) is 0 Å². The highest BCUT2D eigenvalue weighted by molar-refractivity contribution is 7.10. The van der Waals surface area contributed by atoms with Gasteiger partial charge >= 0.3 is 5.97 Å². The number of aliphatic hydroxyl groups excluding tert-OH is 1. The van der Waals surface area contributed by atoms with Gasteiger partial charge in [0.2, 0.25) is 0 Å². The fourth-order valence-electron chi connectivity index (χ4n) is 0.986. The van der Waals surface area contributed by atoms with Crippen molar-refractivity contribution in [3.63, 3.8) is 0 Å². The SMILES string of the molecule is Cc1ccsc1C(O)C(N)C(=O)O. The minimum atomic E-state index is -1.25. The monoisotopic (exact) mass is 201 g/mol. The Hall–Kier alpha value is -0.910. The number of hydrogen-bond donors (Lipinski definition) is 3. The molecule has 4 nitrogen and oxygen atoms in total. The second kappa shape index (κ2) is 3.87. The maximum absolute atomic E-state index is 10.5. The Bertz CT molecular complexity index is 310. The van der Waals surface area contributed by atoms with Gasteiger partial charge < -0.3 is 15.9 Å². The van der Waals surface area contributed by atoms with E-state index in [1.54, 1.807) is 5.38 Å². The number of carboxylic acids is 1. The molecule has 1 aromatic heterocycles. The van der Waals surface area contributed by atoms with E-state index in [0.29, 0.717) is 4.88 Å². The van der Waals surface area contributed by atoms with Crippen LogP contribution in [0.2, 0.25) is 0 Å². The van der Waals surface area contributed by atoms with Crippen LogP contribution in [0.25, 0.3) is 0 Å². The molecule has 13 heavy (non-hydrogen) atoms. The van der Waals surface area contributed by atoms with Gasteiger partial charge in [0.25, 0.3) is 0 Å². The highest BCUT2D eigenvalue weighted by Gasteiger charge is 2.25. The van der Waals surface area contributed by atoms with Crippen molar-refractivity contribution in [3.8, 4) is 0 Å². The van der Waals surface area contributed by atoms with E-state index < -0.39 is 18.1 Å². The molecule has 0 aliphatic heterocycles. The van der Waals surface area contributed by atoms with Crippen LogP contribution in [0.3, 0.4) is 0 Å². The van der Waals surface area contributed by atoms with Gasteiger partial charge in [0, 0.05) is 4.88 Å². The zero-order valence-electron chi connectivity index (χ0n) is 7.10. The van der Waals surface area contributed by atoms with Crippen LogP contribution in [0.5, 0.6) is 0 Å². The molecule has 1 rings (SSSR count). The van der Waals surface area contributed by atoms with Crippen molar-refractivity contribution in [1.29, 1.82) is 0 Å². The van der Waals surface area contributed by atoms with Crippen LogP contribution >= 0.6 is 11.3 Å². The molecular weight excluding hydrogens is 190 g/mol. The summed E-state index contributed by atoms with van der Waals surface area (Å²) in [7, 11) is 0. The maximum atomic E-state index is 10.5. The van der Waals surface area contributed by atoms with Gasteiger partial charge in [-0.3, -0.25) is 4.79 Å². The summed E-state index contributed by atoms with van der Waals surface area (Å²) in [5.74, 6) is -1.19. The lowest BCUT2D eigenvalue weighted by Gasteiger charge is -2.13. The smallest absolute Gasteiger partial charge is 0.323 e. The first-order valence-corrected chi connectivity index (χ1v) is 4.62. The summed E-state index contributed by atoms with van der Waals surface area (Å²) in [4.78, 5) is 11.1. The quantitative estimate of drug-likeness (QED) is 0.665. The lowest BCUT2D eigenvalue weighted by atomic mass is 10.1. The minimum absolute atomic E-state index is 0.620.